The number of hydrogen-bond acceptors (Lipinski definition) is 3. The van der Waals surface area contributed by atoms with E-state index in [-0.39, 0.29) is 11.9 Å². The van der Waals surface area contributed by atoms with Crippen molar-refractivity contribution in [3.8, 4) is 0 Å². The predicted molar refractivity (Wildman–Crippen MR) is 70.1 cm³/mol. The van der Waals surface area contributed by atoms with E-state index in [1.807, 2.05) is 0 Å². The highest BCUT2D eigenvalue weighted by atomic mass is 16.5. The maximum absolute atomic E-state index is 12.1. The number of carbonyl (C=O) groups excluding carboxylic acids is 1. The SMILES string of the molecule is COC(=O)[C@@H]1CC2(CCNCC2)C2CCCCC21. The van der Waals surface area contributed by atoms with Crippen molar-refractivity contribution in [3.05, 3.63) is 0 Å². The summed E-state index contributed by atoms with van der Waals surface area (Å²) in [5.41, 5.74) is 0.454. The van der Waals surface area contributed by atoms with Crippen LogP contribution < -0.4 is 5.32 Å². The molecule has 1 N–H and O–H groups in total. The van der Waals surface area contributed by atoms with E-state index >= 15 is 0 Å². The lowest BCUT2D eigenvalue weighted by atomic mass is 9.65. The van der Waals surface area contributed by atoms with Crippen LogP contribution in [0.15, 0.2) is 0 Å². The minimum Gasteiger partial charge on any atom is -0.469 e. The Morgan fingerprint density at radius 1 is 1.22 bits per heavy atom. The van der Waals surface area contributed by atoms with Gasteiger partial charge < -0.3 is 10.1 Å². The summed E-state index contributed by atoms with van der Waals surface area (Å²) >= 11 is 0. The average Bonchev–Trinajstić information content (AvgIpc) is 2.74. The molecule has 0 bridgehead atoms. The van der Waals surface area contributed by atoms with Crippen molar-refractivity contribution in [3.63, 3.8) is 0 Å². The molecule has 3 rings (SSSR count). The van der Waals surface area contributed by atoms with Crippen LogP contribution in [0.5, 0.6) is 0 Å². The second-order valence-corrected chi connectivity index (χ2v) is 6.50. The van der Waals surface area contributed by atoms with Gasteiger partial charge in [-0.1, -0.05) is 12.8 Å². The fraction of sp³-hybridized carbons (Fsp3) is 0.933. The van der Waals surface area contributed by atoms with Crippen molar-refractivity contribution in [2.24, 2.45) is 23.2 Å². The van der Waals surface area contributed by atoms with Gasteiger partial charge in [-0.2, -0.15) is 0 Å². The van der Waals surface area contributed by atoms with Gasteiger partial charge in [0, 0.05) is 0 Å². The monoisotopic (exact) mass is 251 g/mol. The van der Waals surface area contributed by atoms with Gasteiger partial charge in [0.25, 0.3) is 0 Å². The van der Waals surface area contributed by atoms with E-state index < -0.39 is 0 Å². The van der Waals surface area contributed by atoms with Crippen LogP contribution in [0.2, 0.25) is 0 Å². The number of carbonyl (C=O) groups is 1. The van der Waals surface area contributed by atoms with Gasteiger partial charge in [0.1, 0.15) is 0 Å². The van der Waals surface area contributed by atoms with Gasteiger partial charge in [-0.3, -0.25) is 4.79 Å². The fourth-order valence-electron chi connectivity index (χ4n) is 5.05. The lowest BCUT2D eigenvalue weighted by molar-refractivity contribution is -0.147. The van der Waals surface area contributed by atoms with Crippen LogP contribution in [0, 0.1) is 23.2 Å². The van der Waals surface area contributed by atoms with Crippen LogP contribution in [0.1, 0.15) is 44.9 Å². The molecule has 0 radical (unpaired) electrons. The van der Waals surface area contributed by atoms with E-state index in [4.69, 9.17) is 4.74 Å². The summed E-state index contributed by atoms with van der Waals surface area (Å²) in [4.78, 5) is 12.1. The van der Waals surface area contributed by atoms with Crippen LogP contribution in [-0.4, -0.2) is 26.2 Å². The topological polar surface area (TPSA) is 38.3 Å². The maximum Gasteiger partial charge on any atom is 0.308 e. The first-order chi connectivity index (χ1) is 8.77. The molecule has 2 aliphatic carbocycles. The van der Waals surface area contributed by atoms with Crippen molar-refractivity contribution in [1.29, 1.82) is 0 Å². The third-order valence-corrected chi connectivity index (χ3v) is 5.85. The van der Waals surface area contributed by atoms with Gasteiger partial charge in [-0.05, 0) is 62.4 Å². The lowest BCUT2D eigenvalue weighted by Crippen LogP contribution is -2.40. The predicted octanol–water partition coefficient (Wildman–Crippen LogP) is 2.36. The molecule has 1 aliphatic heterocycles. The zero-order valence-corrected chi connectivity index (χ0v) is 11.4. The Labute approximate surface area is 110 Å². The Bertz CT molecular complexity index is 322. The van der Waals surface area contributed by atoms with Crippen molar-refractivity contribution in [1.82, 2.24) is 5.32 Å². The number of rotatable bonds is 1. The van der Waals surface area contributed by atoms with E-state index in [0.29, 0.717) is 11.3 Å². The zero-order chi connectivity index (χ0) is 12.6. The van der Waals surface area contributed by atoms with E-state index in [0.717, 1.165) is 25.4 Å². The van der Waals surface area contributed by atoms with Crippen molar-refractivity contribution in [2.45, 2.75) is 44.9 Å². The molecule has 0 aromatic rings. The van der Waals surface area contributed by atoms with E-state index in [2.05, 4.69) is 5.32 Å². The largest absolute Gasteiger partial charge is 0.469 e. The van der Waals surface area contributed by atoms with Crippen LogP contribution in [0.3, 0.4) is 0 Å². The van der Waals surface area contributed by atoms with Crippen LogP contribution >= 0.6 is 0 Å². The third-order valence-electron chi connectivity index (χ3n) is 5.85. The van der Waals surface area contributed by atoms with E-state index in [1.54, 1.807) is 7.11 Å². The molecule has 2 unspecified atom stereocenters. The molecule has 18 heavy (non-hydrogen) atoms. The van der Waals surface area contributed by atoms with Crippen molar-refractivity contribution < 1.29 is 9.53 Å². The first kappa shape index (κ1) is 12.5. The molecular weight excluding hydrogens is 226 g/mol. The molecule has 3 nitrogen and oxygen atoms in total. The molecule has 2 saturated carbocycles. The summed E-state index contributed by atoms with van der Waals surface area (Å²) in [5, 5.41) is 3.47. The van der Waals surface area contributed by atoms with Gasteiger partial charge in [-0.15, -0.1) is 0 Å². The summed E-state index contributed by atoms with van der Waals surface area (Å²) in [6.45, 7) is 2.27. The second-order valence-electron chi connectivity index (χ2n) is 6.50. The smallest absolute Gasteiger partial charge is 0.308 e. The molecular formula is C15H25NO2. The highest BCUT2D eigenvalue weighted by molar-refractivity contribution is 5.73. The number of fused-ring (bicyclic) bond motifs is 2. The lowest BCUT2D eigenvalue weighted by Gasteiger charge is -2.42. The van der Waals surface area contributed by atoms with Gasteiger partial charge >= 0.3 is 5.97 Å². The summed E-state index contributed by atoms with van der Waals surface area (Å²) < 4.78 is 5.06. The number of methoxy groups -OCH3 is 1. The molecule has 3 atom stereocenters. The van der Waals surface area contributed by atoms with Gasteiger partial charge in [0.2, 0.25) is 0 Å². The van der Waals surface area contributed by atoms with Crippen LogP contribution in [0.25, 0.3) is 0 Å². The Kier molecular flexibility index (Phi) is 3.35. The first-order valence-electron chi connectivity index (χ1n) is 7.55. The normalized spacial score (nSPS) is 38.4. The Hall–Kier alpha value is -0.570. The Morgan fingerprint density at radius 3 is 2.67 bits per heavy atom. The quantitative estimate of drug-likeness (QED) is 0.727. The molecule has 1 heterocycles. The molecule has 3 aliphatic rings. The fourth-order valence-corrected chi connectivity index (χ4v) is 5.05. The summed E-state index contributed by atoms with van der Waals surface area (Å²) in [5.74, 6) is 1.66. The number of ether oxygens (including phenoxy) is 1. The molecule has 3 heteroatoms. The number of nitrogens with one attached hydrogen (secondary N) is 1. The van der Waals surface area contributed by atoms with E-state index in [1.165, 1.54) is 38.5 Å². The zero-order valence-electron chi connectivity index (χ0n) is 11.4. The molecule has 1 spiro atoms. The molecule has 0 aromatic heterocycles. The first-order valence-corrected chi connectivity index (χ1v) is 7.55. The summed E-state index contributed by atoms with van der Waals surface area (Å²) in [7, 11) is 1.55. The molecule has 0 amide bonds. The van der Waals surface area contributed by atoms with Crippen molar-refractivity contribution >= 4 is 5.97 Å². The summed E-state index contributed by atoms with van der Waals surface area (Å²) in [6, 6.07) is 0. The minimum atomic E-state index is 0.0577. The third kappa shape index (κ3) is 1.87. The minimum absolute atomic E-state index is 0.0577. The maximum atomic E-state index is 12.1. The molecule has 102 valence electrons. The number of piperidine rings is 1. The van der Waals surface area contributed by atoms with E-state index in [9.17, 15) is 4.79 Å². The van der Waals surface area contributed by atoms with Crippen LogP contribution in [-0.2, 0) is 9.53 Å². The molecule has 1 saturated heterocycles. The number of esters is 1. The molecule has 0 aromatic carbocycles. The molecule has 3 fully saturated rings. The average molecular weight is 251 g/mol. The Balaban J connectivity index is 1.85. The highest BCUT2D eigenvalue weighted by Gasteiger charge is 2.55. The second kappa shape index (κ2) is 4.84. The van der Waals surface area contributed by atoms with Gasteiger partial charge in [-0.25, -0.2) is 0 Å². The van der Waals surface area contributed by atoms with Gasteiger partial charge in [0.05, 0.1) is 13.0 Å². The summed E-state index contributed by atoms with van der Waals surface area (Å²) in [6.07, 6.45) is 8.89. The van der Waals surface area contributed by atoms with Gasteiger partial charge in [0.15, 0.2) is 0 Å². The van der Waals surface area contributed by atoms with Crippen molar-refractivity contribution in [2.75, 3.05) is 20.2 Å². The highest BCUT2D eigenvalue weighted by Crippen LogP contribution is 2.59. The standard InChI is InChI=1S/C15H25NO2/c1-18-14(17)12-10-15(6-8-16-9-7-15)13-5-3-2-4-11(12)13/h11-13,16H,2-10H2,1H3/t11?,12-,13?/m1/s1. The Morgan fingerprint density at radius 2 is 1.94 bits per heavy atom. The van der Waals surface area contributed by atoms with Crippen LogP contribution in [0.4, 0.5) is 0 Å². The number of hydrogen-bond donors (Lipinski definition) is 1.